The highest BCUT2D eigenvalue weighted by atomic mass is 16.4. The van der Waals surface area contributed by atoms with Crippen molar-refractivity contribution < 1.29 is 14.7 Å². The van der Waals surface area contributed by atoms with Crippen LogP contribution in [0.2, 0.25) is 0 Å². The predicted molar refractivity (Wildman–Crippen MR) is 76.8 cm³/mol. The summed E-state index contributed by atoms with van der Waals surface area (Å²) in [4.78, 5) is 24.9. The van der Waals surface area contributed by atoms with E-state index >= 15 is 0 Å². The Bertz CT molecular complexity index is 502. The van der Waals surface area contributed by atoms with E-state index in [-0.39, 0.29) is 18.4 Å². The topological polar surface area (TPSA) is 69.6 Å². The van der Waals surface area contributed by atoms with E-state index in [0.29, 0.717) is 19.5 Å². The second-order valence-corrected chi connectivity index (χ2v) is 5.10. The Kier molecular flexibility index (Phi) is 4.61. The van der Waals surface area contributed by atoms with Crippen molar-refractivity contribution in [2.24, 2.45) is 5.92 Å². The van der Waals surface area contributed by atoms with Crippen LogP contribution in [-0.4, -0.2) is 36.6 Å². The minimum Gasteiger partial charge on any atom is -0.480 e. The van der Waals surface area contributed by atoms with E-state index in [1.165, 1.54) is 0 Å². The molecule has 0 spiro atoms. The van der Waals surface area contributed by atoms with Gasteiger partial charge in [0.1, 0.15) is 6.54 Å². The Balaban J connectivity index is 2.17. The summed E-state index contributed by atoms with van der Waals surface area (Å²) < 4.78 is 0. The highest BCUT2D eigenvalue weighted by Crippen LogP contribution is 2.29. The molecule has 0 radical (unpaired) electrons. The van der Waals surface area contributed by atoms with Crippen molar-refractivity contribution in [2.45, 2.75) is 19.8 Å². The third-order valence-electron chi connectivity index (χ3n) is 3.49. The van der Waals surface area contributed by atoms with Gasteiger partial charge in [0.05, 0.1) is 5.92 Å². The third kappa shape index (κ3) is 3.29. The van der Waals surface area contributed by atoms with E-state index in [1.54, 1.807) is 4.90 Å². The fourth-order valence-electron chi connectivity index (χ4n) is 2.57. The molecule has 1 heterocycles. The standard InChI is InChI=1S/C15H20N2O3/c1-2-7-16-15(20)12-8-11-5-3-4-6-13(11)17(9-12)10-14(18)19/h3-6,12H,2,7-10H2,1H3,(H,16,20)(H,18,19). The molecule has 5 heteroatoms. The van der Waals surface area contributed by atoms with Crippen molar-refractivity contribution in [1.82, 2.24) is 5.32 Å². The van der Waals surface area contributed by atoms with Crippen LogP contribution in [0.3, 0.4) is 0 Å². The van der Waals surface area contributed by atoms with Crippen LogP contribution in [0.25, 0.3) is 0 Å². The maximum atomic E-state index is 12.1. The first-order valence-electron chi connectivity index (χ1n) is 6.94. The van der Waals surface area contributed by atoms with Gasteiger partial charge in [0.25, 0.3) is 0 Å². The monoisotopic (exact) mass is 276 g/mol. The van der Waals surface area contributed by atoms with Crippen LogP contribution in [0.5, 0.6) is 0 Å². The Morgan fingerprint density at radius 2 is 2.15 bits per heavy atom. The van der Waals surface area contributed by atoms with Crippen molar-refractivity contribution in [3.8, 4) is 0 Å². The normalized spacial score (nSPS) is 17.4. The molecule has 108 valence electrons. The number of amides is 1. The van der Waals surface area contributed by atoms with Crippen molar-refractivity contribution >= 4 is 17.6 Å². The molecular weight excluding hydrogens is 256 g/mol. The van der Waals surface area contributed by atoms with E-state index < -0.39 is 5.97 Å². The Labute approximate surface area is 118 Å². The fourth-order valence-corrected chi connectivity index (χ4v) is 2.57. The van der Waals surface area contributed by atoms with E-state index in [1.807, 2.05) is 31.2 Å². The number of fused-ring (bicyclic) bond motifs is 1. The molecule has 2 rings (SSSR count). The van der Waals surface area contributed by atoms with Gasteiger partial charge in [-0.2, -0.15) is 0 Å². The molecule has 20 heavy (non-hydrogen) atoms. The molecule has 1 aromatic carbocycles. The molecular formula is C15H20N2O3. The summed E-state index contributed by atoms with van der Waals surface area (Å²) in [5.41, 5.74) is 1.96. The Hall–Kier alpha value is -2.04. The summed E-state index contributed by atoms with van der Waals surface area (Å²) >= 11 is 0. The highest BCUT2D eigenvalue weighted by molar-refractivity contribution is 5.82. The maximum Gasteiger partial charge on any atom is 0.323 e. The van der Waals surface area contributed by atoms with Gasteiger partial charge >= 0.3 is 5.97 Å². The summed E-state index contributed by atoms with van der Waals surface area (Å²) in [6.45, 7) is 3.05. The van der Waals surface area contributed by atoms with Crippen LogP contribution in [0.15, 0.2) is 24.3 Å². The number of hydrogen-bond acceptors (Lipinski definition) is 3. The lowest BCUT2D eigenvalue weighted by Gasteiger charge is -2.34. The number of carbonyl (C=O) groups is 2. The summed E-state index contributed by atoms with van der Waals surface area (Å²) in [6, 6.07) is 7.69. The molecule has 0 aromatic heterocycles. The quantitative estimate of drug-likeness (QED) is 0.850. The van der Waals surface area contributed by atoms with E-state index in [2.05, 4.69) is 5.32 Å². The van der Waals surface area contributed by atoms with Gasteiger partial charge in [0.15, 0.2) is 0 Å². The zero-order chi connectivity index (χ0) is 14.5. The summed E-state index contributed by atoms with van der Waals surface area (Å²) in [5.74, 6) is -1.05. The Morgan fingerprint density at radius 1 is 1.40 bits per heavy atom. The first-order valence-corrected chi connectivity index (χ1v) is 6.94. The predicted octanol–water partition coefficient (Wildman–Crippen LogP) is 1.28. The minimum absolute atomic E-state index is 0.0109. The van der Waals surface area contributed by atoms with Crippen molar-refractivity contribution in [3.05, 3.63) is 29.8 Å². The lowest BCUT2D eigenvalue weighted by Crippen LogP contribution is -2.45. The van der Waals surface area contributed by atoms with Gasteiger partial charge in [-0.25, -0.2) is 0 Å². The molecule has 0 aliphatic carbocycles. The van der Waals surface area contributed by atoms with Crippen LogP contribution in [-0.2, 0) is 16.0 Å². The summed E-state index contributed by atoms with van der Waals surface area (Å²) in [5, 5.41) is 11.9. The number of nitrogens with zero attached hydrogens (tertiary/aromatic N) is 1. The molecule has 0 fully saturated rings. The molecule has 0 saturated heterocycles. The molecule has 1 atom stereocenters. The number of para-hydroxylation sites is 1. The molecule has 1 unspecified atom stereocenters. The number of anilines is 1. The van der Waals surface area contributed by atoms with Crippen LogP contribution < -0.4 is 10.2 Å². The minimum atomic E-state index is -0.880. The number of carboxylic acid groups (broad SMARTS) is 1. The zero-order valence-electron chi connectivity index (χ0n) is 11.6. The molecule has 1 aliphatic heterocycles. The van der Waals surface area contributed by atoms with Gasteiger partial charge in [-0.15, -0.1) is 0 Å². The SMILES string of the molecule is CCCNC(=O)C1Cc2ccccc2N(CC(=O)O)C1. The fraction of sp³-hybridized carbons (Fsp3) is 0.467. The second kappa shape index (κ2) is 6.41. The third-order valence-corrected chi connectivity index (χ3v) is 3.49. The van der Waals surface area contributed by atoms with Crippen molar-refractivity contribution in [3.63, 3.8) is 0 Å². The summed E-state index contributed by atoms with van der Waals surface area (Å²) in [6.07, 6.45) is 1.57. The van der Waals surface area contributed by atoms with Crippen LogP contribution in [0.1, 0.15) is 18.9 Å². The average Bonchev–Trinajstić information content (AvgIpc) is 2.44. The van der Waals surface area contributed by atoms with Gasteiger partial charge in [0.2, 0.25) is 5.91 Å². The zero-order valence-corrected chi connectivity index (χ0v) is 11.6. The number of hydrogen-bond donors (Lipinski definition) is 2. The number of nitrogens with one attached hydrogen (secondary N) is 1. The van der Waals surface area contributed by atoms with E-state index in [9.17, 15) is 9.59 Å². The highest BCUT2D eigenvalue weighted by Gasteiger charge is 2.29. The number of carboxylic acids is 1. The molecule has 1 aromatic rings. The van der Waals surface area contributed by atoms with E-state index in [4.69, 9.17) is 5.11 Å². The van der Waals surface area contributed by atoms with Crippen LogP contribution >= 0.6 is 0 Å². The number of rotatable bonds is 5. The molecule has 1 amide bonds. The number of aliphatic carboxylic acids is 1. The van der Waals surface area contributed by atoms with Crippen molar-refractivity contribution in [2.75, 3.05) is 24.5 Å². The Morgan fingerprint density at radius 3 is 2.85 bits per heavy atom. The lowest BCUT2D eigenvalue weighted by atomic mass is 9.91. The first kappa shape index (κ1) is 14.4. The number of carbonyl (C=O) groups excluding carboxylic acids is 1. The number of benzene rings is 1. The van der Waals surface area contributed by atoms with Gasteiger partial charge in [-0.3, -0.25) is 9.59 Å². The van der Waals surface area contributed by atoms with Crippen LogP contribution in [0, 0.1) is 5.92 Å². The second-order valence-electron chi connectivity index (χ2n) is 5.10. The largest absolute Gasteiger partial charge is 0.480 e. The maximum absolute atomic E-state index is 12.1. The molecule has 2 N–H and O–H groups in total. The van der Waals surface area contributed by atoms with E-state index in [0.717, 1.165) is 17.7 Å². The smallest absolute Gasteiger partial charge is 0.323 e. The van der Waals surface area contributed by atoms with Crippen molar-refractivity contribution in [1.29, 1.82) is 0 Å². The lowest BCUT2D eigenvalue weighted by molar-refractivity contribution is -0.135. The molecule has 0 bridgehead atoms. The average molecular weight is 276 g/mol. The summed E-state index contributed by atoms with van der Waals surface area (Å²) in [7, 11) is 0. The van der Waals surface area contributed by atoms with Gasteiger partial charge in [0, 0.05) is 18.8 Å². The van der Waals surface area contributed by atoms with Crippen LogP contribution in [0.4, 0.5) is 5.69 Å². The van der Waals surface area contributed by atoms with Gasteiger partial charge in [-0.1, -0.05) is 25.1 Å². The molecule has 1 aliphatic rings. The van der Waals surface area contributed by atoms with Gasteiger partial charge < -0.3 is 15.3 Å². The van der Waals surface area contributed by atoms with Gasteiger partial charge in [-0.05, 0) is 24.5 Å². The first-order chi connectivity index (χ1) is 9.61. The molecule has 5 nitrogen and oxygen atoms in total. The molecule has 0 saturated carbocycles.